The fraction of sp³-hybridized carbons (Fsp3) is 0.500. The summed E-state index contributed by atoms with van der Waals surface area (Å²) in [6, 6.07) is 4.14. The Kier molecular flexibility index (Phi) is 6.05. The second-order valence-corrected chi connectivity index (χ2v) is 5.65. The molecule has 3 N–H and O–H groups in total. The molecule has 2 rings (SSSR count). The third-order valence-electron chi connectivity index (χ3n) is 3.66. The van der Waals surface area contributed by atoms with E-state index >= 15 is 0 Å². The second-order valence-electron chi connectivity index (χ2n) is 5.65. The monoisotopic (exact) mass is 342 g/mol. The van der Waals surface area contributed by atoms with Gasteiger partial charge >= 0.3 is 6.18 Å². The molecule has 1 amide bonds. The first kappa shape index (κ1) is 18.1. The number of amides is 1. The minimum absolute atomic E-state index is 0.194. The Bertz CT molecular complexity index is 580. The van der Waals surface area contributed by atoms with Crippen LogP contribution < -0.4 is 16.0 Å². The fourth-order valence-electron chi connectivity index (χ4n) is 2.05. The van der Waals surface area contributed by atoms with Gasteiger partial charge in [0.25, 0.3) is 5.91 Å². The molecule has 0 unspecified atom stereocenters. The van der Waals surface area contributed by atoms with Gasteiger partial charge in [-0.1, -0.05) is 0 Å². The van der Waals surface area contributed by atoms with E-state index in [1.165, 1.54) is 25.0 Å². The van der Waals surface area contributed by atoms with Crippen molar-refractivity contribution in [1.29, 1.82) is 0 Å². The molecule has 0 aliphatic heterocycles. The van der Waals surface area contributed by atoms with Gasteiger partial charge in [-0.05, 0) is 43.0 Å². The summed E-state index contributed by atoms with van der Waals surface area (Å²) in [4.78, 5) is 15.9. The molecule has 8 heteroatoms. The summed E-state index contributed by atoms with van der Waals surface area (Å²) in [5, 5.41) is 8.90. The Labute approximate surface area is 138 Å². The van der Waals surface area contributed by atoms with Crippen LogP contribution in [-0.2, 0) is 6.18 Å². The van der Waals surface area contributed by atoms with Crippen molar-refractivity contribution in [2.24, 2.45) is 10.9 Å². The summed E-state index contributed by atoms with van der Waals surface area (Å²) in [5.74, 6) is 0.986. The molecule has 24 heavy (non-hydrogen) atoms. The summed E-state index contributed by atoms with van der Waals surface area (Å²) in [6.45, 7) is 1.69. The van der Waals surface area contributed by atoms with Crippen molar-refractivity contribution in [2.75, 3.05) is 26.7 Å². The molecule has 1 saturated carbocycles. The lowest BCUT2D eigenvalue weighted by Crippen LogP contribution is -2.42. The average Bonchev–Trinajstić information content (AvgIpc) is 3.37. The number of guanidine groups is 1. The Morgan fingerprint density at radius 1 is 1.12 bits per heavy atom. The van der Waals surface area contributed by atoms with Crippen molar-refractivity contribution in [1.82, 2.24) is 16.0 Å². The highest BCUT2D eigenvalue weighted by atomic mass is 19.4. The minimum Gasteiger partial charge on any atom is -0.356 e. The highest BCUT2D eigenvalue weighted by Crippen LogP contribution is 2.29. The highest BCUT2D eigenvalue weighted by molar-refractivity contribution is 5.94. The first-order chi connectivity index (χ1) is 11.4. The van der Waals surface area contributed by atoms with E-state index in [2.05, 4.69) is 20.9 Å². The number of aliphatic imine (C=N–C) groups is 1. The van der Waals surface area contributed by atoms with Crippen LogP contribution in [0, 0.1) is 5.92 Å². The van der Waals surface area contributed by atoms with Crippen molar-refractivity contribution < 1.29 is 18.0 Å². The van der Waals surface area contributed by atoms with Crippen LogP contribution >= 0.6 is 0 Å². The Balaban J connectivity index is 1.70. The van der Waals surface area contributed by atoms with Crippen molar-refractivity contribution >= 4 is 11.9 Å². The molecule has 0 heterocycles. The number of nitrogens with zero attached hydrogens (tertiary/aromatic N) is 1. The van der Waals surface area contributed by atoms with Gasteiger partial charge in [0.15, 0.2) is 5.96 Å². The zero-order valence-corrected chi connectivity index (χ0v) is 13.4. The number of benzene rings is 1. The van der Waals surface area contributed by atoms with E-state index in [4.69, 9.17) is 0 Å². The van der Waals surface area contributed by atoms with E-state index in [9.17, 15) is 18.0 Å². The number of rotatable bonds is 6. The molecule has 1 aromatic carbocycles. The van der Waals surface area contributed by atoms with Crippen LogP contribution in [0.25, 0.3) is 0 Å². The van der Waals surface area contributed by atoms with Crippen molar-refractivity contribution in [3.05, 3.63) is 35.4 Å². The largest absolute Gasteiger partial charge is 0.416 e. The molecule has 5 nitrogen and oxygen atoms in total. The van der Waals surface area contributed by atoms with E-state index in [0.717, 1.165) is 24.6 Å². The topological polar surface area (TPSA) is 65.5 Å². The normalized spacial score (nSPS) is 15.1. The predicted molar refractivity (Wildman–Crippen MR) is 85.9 cm³/mol. The number of carbonyl (C=O) groups is 1. The number of hydrogen-bond donors (Lipinski definition) is 3. The van der Waals surface area contributed by atoms with Gasteiger partial charge < -0.3 is 16.0 Å². The molecule has 1 fully saturated rings. The maximum absolute atomic E-state index is 12.5. The molecule has 1 aliphatic rings. The maximum Gasteiger partial charge on any atom is 0.416 e. The summed E-state index contributed by atoms with van der Waals surface area (Å²) >= 11 is 0. The lowest BCUT2D eigenvalue weighted by molar-refractivity contribution is -0.137. The fourth-order valence-corrected chi connectivity index (χ4v) is 2.05. The van der Waals surface area contributed by atoms with Gasteiger partial charge in [0.05, 0.1) is 5.56 Å². The standard InChI is InChI=1S/C16H21F3N4O/c1-20-15(23-10-11-2-3-11)22-9-8-21-14(24)12-4-6-13(7-5-12)16(17,18)19/h4-7,11H,2-3,8-10H2,1H3,(H,21,24)(H2,20,22,23). The first-order valence-corrected chi connectivity index (χ1v) is 7.80. The SMILES string of the molecule is CN=C(NCCNC(=O)c1ccc(C(F)(F)F)cc1)NCC1CC1. The van der Waals surface area contributed by atoms with Crippen LogP contribution in [0.4, 0.5) is 13.2 Å². The smallest absolute Gasteiger partial charge is 0.356 e. The number of halogens is 3. The zero-order valence-electron chi connectivity index (χ0n) is 13.4. The van der Waals surface area contributed by atoms with Crippen LogP contribution in [0.1, 0.15) is 28.8 Å². The molecular formula is C16H21F3N4O. The van der Waals surface area contributed by atoms with Gasteiger partial charge in [0.2, 0.25) is 0 Å². The van der Waals surface area contributed by atoms with Gasteiger partial charge in [-0.15, -0.1) is 0 Å². The average molecular weight is 342 g/mol. The Morgan fingerprint density at radius 3 is 2.29 bits per heavy atom. The van der Waals surface area contributed by atoms with E-state index in [1.54, 1.807) is 7.05 Å². The summed E-state index contributed by atoms with van der Waals surface area (Å²) in [5.41, 5.74) is -0.578. The van der Waals surface area contributed by atoms with Crippen LogP contribution in [0.3, 0.4) is 0 Å². The van der Waals surface area contributed by atoms with Gasteiger partial charge in [-0.25, -0.2) is 0 Å². The summed E-state index contributed by atoms with van der Waals surface area (Å²) in [6.07, 6.45) is -1.91. The molecule has 0 aromatic heterocycles. The summed E-state index contributed by atoms with van der Waals surface area (Å²) in [7, 11) is 1.67. The van der Waals surface area contributed by atoms with Crippen LogP contribution in [0.5, 0.6) is 0 Å². The van der Waals surface area contributed by atoms with E-state index in [0.29, 0.717) is 19.0 Å². The summed E-state index contributed by atoms with van der Waals surface area (Å²) < 4.78 is 37.4. The van der Waals surface area contributed by atoms with Gasteiger partial charge in [-0.2, -0.15) is 13.2 Å². The highest BCUT2D eigenvalue weighted by Gasteiger charge is 2.30. The van der Waals surface area contributed by atoms with Crippen molar-refractivity contribution in [3.8, 4) is 0 Å². The van der Waals surface area contributed by atoms with Crippen molar-refractivity contribution in [3.63, 3.8) is 0 Å². The predicted octanol–water partition coefficient (Wildman–Crippen LogP) is 2.01. The van der Waals surface area contributed by atoms with Gasteiger partial charge in [0, 0.05) is 32.2 Å². The van der Waals surface area contributed by atoms with Crippen LogP contribution in [-0.4, -0.2) is 38.5 Å². The van der Waals surface area contributed by atoms with Crippen LogP contribution in [0.15, 0.2) is 29.3 Å². The van der Waals surface area contributed by atoms with E-state index < -0.39 is 17.6 Å². The number of nitrogens with one attached hydrogen (secondary N) is 3. The van der Waals surface area contributed by atoms with Gasteiger partial charge in [-0.3, -0.25) is 9.79 Å². The number of alkyl halides is 3. The van der Waals surface area contributed by atoms with Gasteiger partial charge in [0.1, 0.15) is 0 Å². The molecule has 0 radical (unpaired) electrons. The molecule has 1 aromatic rings. The van der Waals surface area contributed by atoms with Crippen LogP contribution in [0.2, 0.25) is 0 Å². The lowest BCUT2D eigenvalue weighted by atomic mass is 10.1. The molecule has 1 aliphatic carbocycles. The Hall–Kier alpha value is -2.25. The third kappa shape index (κ3) is 5.75. The maximum atomic E-state index is 12.5. The third-order valence-corrected chi connectivity index (χ3v) is 3.66. The second kappa shape index (κ2) is 8.03. The lowest BCUT2D eigenvalue weighted by Gasteiger charge is -2.12. The molecule has 0 bridgehead atoms. The molecule has 0 spiro atoms. The number of carbonyl (C=O) groups excluding carboxylic acids is 1. The Morgan fingerprint density at radius 2 is 1.75 bits per heavy atom. The molecular weight excluding hydrogens is 321 g/mol. The molecule has 0 atom stereocenters. The minimum atomic E-state index is -4.40. The van der Waals surface area contributed by atoms with Crippen molar-refractivity contribution in [2.45, 2.75) is 19.0 Å². The molecule has 132 valence electrons. The van der Waals surface area contributed by atoms with E-state index in [-0.39, 0.29) is 5.56 Å². The quantitative estimate of drug-likeness (QED) is 0.421. The molecule has 0 saturated heterocycles. The van der Waals surface area contributed by atoms with E-state index in [1.807, 2.05) is 0 Å². The number of hydrogen-bond acceptors (Lipinski definition) is 2. The first-order valence-electron chi connectivity index (χ1n) is 7.80. The zero-order chi connectivity index (χ0) is 17.6.